The third kappa shape index (κ3) is 4.56. The Morgan fingerprint density at radius 1 is 1.06 bits per heavy atom. The van der Waals surface area contributed by atoms with Crippen molar-refractivity contribution in [3.63, 3.8) is 0 Å². The molecule has 0 saturated carbocycles. The van der Waals surface area contributed by atoms with E-state index in [-0.39, 0.29) is 22.7 Å². The number of anilines is 1. The monoisotopic (exact) mass is 491 g/mol. The van der Waals surface area contributed by atoms with Gasteiger partial charge in [0.2, 0.25) is 0 Å². The zero-order valence-electron chi connectivity index (χ0n) is 19.6. The lowest BCUT2D eigenvalue weighted by Gasteiger charge is -2.14. The quantitative estimate of drug-likeness (QED) is 0.277. The van der Waals surface area contributed by atoms with Crippen LogP contribution in [0.1, 0.15) is 53.9 Å². The topological polar surface area (TPSA) is 122 Å². The Morgan fingerprint density at radius 2 is 1.76 bits per heavy atom. The predicted octanol–water partition coefficient (Wildman–Crippen LogP) is 2.70. The maximum atomic E-state index is 13.2. The molecule has 0 aliphatic heterocycles. The molecule has 0 unspecified atom stereocenters. The van der Waals surface area contributed by atoms with Crippen molar-refractivity contribution in [3.05, 3.63) is 47.2 Å². The highest BCUT2D eigenvalue weighted by molar-refractivity contribution is 7.99. The number of nitrogens with zero attached hydrogens (tertiary/aromatic N) is 4. The number of carbonyl (C=O) groups is 1. The third-order valence-corrected chi connectivity index (χ3v) is 7.71. The van der Waals surface area contributed by atoms with Crippen molar-refractivity contribution in [2.75, 3.05) is 11.5 Å². The van der Waals surface area contributed by atoms with Crippen LogP contribution in [-0.2, 0) is 20.1 Å². The smallest absolute Gasteiger partial charge is 0.332 e. The van der Waals surface area contributed by atoms with E-state index in [1.54, 1.807) is 4.57 Å². The van der Waals surface area contributed by atoms with Gasteiger partial charge in [-0.05, 0) is 32.3 Å². The third-order valence-electron chi connectivity index (χ3n) is 5.63. The summed E-state index contributed by atoms with van der Waals surface area (Å²) in [5.74, 6) is -0.748. The van der Waals surface area contributed by atoms with Gasteiger partial charge in [-0.25, -0.2) is 9.78 Å². The minimum absolute atomic E-state index is 0.114. The Balaban J connectivity index is 2.03. The van der Waals surface area contributed by atoms with Crippen LogP contribution in [0.5, 0.6) is 0 Å². The number of Topliss-reactive ketones (excluding diaryl/α,β-unsaturated/α-hetero) is 1. The number of nitrogen functional groups attached to an aromatic ring is 1. The summed E-state index contributed by atoms with van der Waals surface area (Å²) in [5.41, 5.74) is 5.42. The Bertz CT molecular complexity index is 1400. The average Bonchev–Trinajstić information content (AvgIpc) is 3.06. The van der Waals surface area contributed by atoms with Crippen molar-refractivity contribution in [1.29, 1.82) is 0 Å². The number of ketones is 1. The Morgan fingerprint density at radius 3 is 2.39 bits per heavy atom. The van der Waals surface area contributed by atoms with E-state index >= 15 is 0 Å². The van der Waals surface area contributed by atoms with Gasteiger partial charge in [0.05, 0.1) is 11.1 Å². The molecule has 9 nitrogen and oxygen atoms in total. The Labute approximate surface area is 199 Å². The molecule has 0 aromatic carbocycles. The summed E-state index contributed by atoms with van der Waals surface area (Å²) in [5, 5.41) is 1.06. The van der Waals surface area contributed by atoms with E-state index < -0.39 is 17.0 Å². The van der Waals surface area contributed by atoms with Gasteiger partial charge in [0.15, 0.2) is 10.9 Å². The van der Waals surface area contributed by atoms with E-state index in [4.69, 9.17) is 5.73 Å². The van der Waals surface area contributed by atoms with Gasteiger partial charge in [-0.3, -0.25) is 28.1 Å². The number of aromatic nitrogens is 4. The predicted molar refractivity (Wildman–Crippen MR) is 134 cm³/mol. The first-order chi connectivity index (χ1) is 15.6. The molecule has 0 aliphatic carbocycles. The molecule has 33 heavy (non-hydrogen) atoms. The number of thiophene rings is 1. The summed E-state index contributed by atoms with van der Waals surface area (Å²) in [7, 11) is 1.33. The molecule has 0 fully saturated rings. The number of carbonyl (C=O) groups excluding carboxylic acids is 1. The number of nitrogens with two attached hydrogens (primary N) is 1. The summed E-state index contributed by atoms with van der Waals surface area (Å²) in [6, 6.07) is 0. The Kier molecular flexibility index (Phi) is 7.63. The van der Waals surface area contributed by atoms with Crippen LogP contribution < -0.4 is 22.5 Å². The standard InChI is InChI=1S/C22H29N5O4S2/c1-6-8-10-27-20(30)15-12(3)13(4)33-18(15)24-21(27)32-11-14(28)16-17(23)26(9-7-2)22(31)25(5)19(16)29/h6-11,23H2,1-5H3. The number of unbranched alkanes of at least 4 members (excludes halogenated alkanes) is 1. The van der Waals surface area contributed by atoms with Crippen molar-refractivity contribution in [3.8, 4) is 0 Å². The number of hydrogen-bond donors (Lipinski definition) is 1. The molecule has 0 atom stereocenters. The molecule has 2 N–H and O–H groups in total. The van der Waals surface area contributed by atoms with Crippen LogP contribution in [0, 0.1) is 13.8 Å². The molecule has 3 aromatic heterocycles. The van der Waals surface area contributed by atoms with Crippen molar-refractivity contribution < 1.29 is 4.79 Å². The summed E-state index contributed by atoms with van der Waals surface area (Å²) in [6.45, 7) is 8.59. The van der Waals surface area contributed by atoms with Crippen molar-refractivity contribution in [2.45, 2.75) is 65.2 Å². The fourth-order valence-corrected chi connectivity index (χ4v) is 5.59. The van der Waals surface area contributed by atoms with Crippen molar-refractivity contribution in [1.82, 2.24) is 18.7 Å². The second-order valence-corrected chi connectivity index (χ2v) is 10.1. The molecule has 11 heteroatoms. The van der Waals surface area contributed by atoms with E-state index in [0.717, 1.165) is 39.6 Å². The highest BCUT2D eigenvalue weighted by Crippen LogP contribution is 2.28. The van der Waals surface area contributed by atoms with Crippen LogP contribution in [0.15, 0.2) is 19.5 Å². The van der Waals surface area contributed by atoms with Gasteiger partial charge < -0.3 is 5.73 Å². The normalized spacial score (nSPS) is 11.4. The highest BCUT2D eigenvalue weighted by atomic mass is 32.2. The number of hydrogen-bond acceptors (Lipinski definition) is 8. The molecule has 3 rings (SSSR count). The Hall–Kier alpha value is -2.66. The summed E-state index contributed by atoms with van der Waals surface area (Å²) < 4.78 is 3.77. The van der Waals surface area contributed by atoms with Gasteiger partial charge in [0.1, 0.15) is 16.2 Å². The van der Waals surface area contributed by atoms with Gasteiger partial charge in [-0.15, -0.1) is 11.3 Å². The van der Waals surface area contributed by atoms with E-state index in [1.165, 1.54) is 23.0 Å². The maximum absolute atomic E-state index is 13.2. The van der Waals surface area contributed by atoms with Gasteiger partial charge in [-0.2, -0.15) is 0 Å². The van der Waals surface area contributed by atoms with Crippen LogP contribution in [-0.4, -0.2) is 30.2 Å². The number of fused-ring (bicyclic) bond motifs is 1. The fraction of sp³-hybridized carbons (Fsp3) is 0.500. The lowest BCUT2D eigenvalue weighted by atomic mass is 10.2. The first kappa shape index (κ1) is 25.0. The zero-order valence-corrected chi connectivity index (χ0v) is 21.2. The fourth-order valence-electron chi connectivity index (χ4n) is 3.62. The van der Waals surface area contributed by atoms with E-state index in [9.17, 15) is 19.2 Å². The van der Waals surface area contributed by atoms with Crippen LogP contribution in [0.4, 0.5) is 5.82 Å². The van der Waals surface area contributed by atoms with Crippen LogP contribution >= 0.6 is 23.1 Å². The van der Waals surface area contributed by atoms with Gasteiger partial charge in [-0.1, -0.05) is 32.0 Å². The molecular formula is C22H29N5O4S2. The molecule has 0 spiro atoms. The summed E-state index contributed by atoms with van der Waals surface area (Å²) in [4.78, 5) is 57.7. The molecule has 178 valence electrons. The van der Waals surface area contributed by atoms with Gasteiger partial charge in [0, 0.05) is 25.0 Å². The van der Waals surface area contributed by atoms with Gasteiger partial charge >= 0.3 is 5.69 Å². The van der Waals surface area contributed by atoms with E-state index in [1.807, 2.05) is 27.7 Å². The molecular weight excluding hydrogens is 462 g/mol. The number of rotatable bonds is 9. The molecule has 0 amide bonds. The molecule has 3 aromatic rings. The van der Waals surface area contributed by atoms with Gasteiger partial charge in [0.25, 0.3) is 11.1 Å². The second kappa shape index (κ2) is 10.1. The largest absolute Gasteiger partial charge is 0.384 e. The second-order valence-electron chi connectivity index (χ2n) is 7.94. The first-order valence-electron chi connectivity index (χ1n) is 10.9. The minimum Gasteiger partial charge on any atom is -0.384 e. The SMILES string of the molecule is CCCCn1c(SCC(=O)c2c(N)n(CCC)c(=O)n(C)c2=O)nc2sc(C)c(C)c2c1=O. The first-order valence-corrected chi connectivity index (χ1v) is 12.7. The molecule has 0 bridgehead atoms. The summed E-state index contributed by atoms with van der Waals surface area (Å²) >= 11 is 2.56. The average molecular weight is 492 g/mol. The van der Waals surface area contributed by atoms with E-state index in [2.05, 4.69) is 4.98 Å². The van der Waals surface area contributed by atoms with Crippen molar-refractivity contribution >= 4 is 44.9 Å². The molecule has 0 radical (unpaired) electrons. The highest BCUT2D eigenvalue weighted by Gasteiger charge is 2.23. The molecule has 0 aliphatic rings. The maximum Gasteiger partial charge on any atom is 0.332 e. The lowest BCUT2D eigenvalue weighted by Crippen LogP contribution is -2.42. The molecule has 0 saturated heterocycles. The lowest BCUT2D eigenvalue weighted by molar-refractivity contribution is 0.102. The number of aryl methyl sites for hydroxylation is 2. The minimum atomic E-state index is -0.716. The molecule has 3 heterocycles. The van der Waals surface area contributed by atoms with E-state index in [0.29, 0.717) is 34.9 Å². The van der Waals surface area contributed by atoms with Crippen LogP contribution in [0.25, 0.3) is 10.2 Å². The zero-order chi connectivity index (χ0) is 24.4. The van der Waals surface area contributed by atoms with Crippen LogP contribution in [0.2, 0.25) is 0 Å². The van der Waals surface area contributed by atoms with Crippen LogP contribution in [0.3, 0.4) is 0 Å². The number of thioether (sulfide) groups is 1. The van der Waals surface area contributed by atoms with Crippen molar-refractivity contribution in [2.24, 2.45) is 7.05 Å². The summed E-state index contributed by atoms with van der Waals surface area (Å²) in [6.07, 6.45) is 2.32.